The highest BCUT2D eigenvalue weighted by Gasteiger charge is 2.31. The Morgan fingerprint density at radius 1 is 1.23 bits per heavy atom. The number of nitrogens with zero attached hydrogens (tertiary/aromatic N) is 4. The first kappa shape index (κ1) is 24.8. The summed E-state index contributed by atoms with van der Waals surface area (Å²) in [5.41, 5.74) is 3.88. The molecule has 3 aromatic heterocycles. The molecule has 1 aliphatic rings. The third-order valence-electron chi connectivity index (χ3n) is 6.35. The van der Waals surface area contributed by atoms with E-state index < -0.39 is 17.9 Å². The molecule has 9 nitrogen and oxygen atoms in total. The van der Waals surface area contributed by atoms with Gasteiger partial charge in [0.15, 0.2) is 0 Å². The monoisotopic (exact) mass is 497 g/mol. The fourth-order valence-electron chi connectivity index (χ4n) is 4.64. The SMILES string of the molecule is CCOC(=O)c1c(NC(=O)C(C)n2c(-n3nc(C)cc3C)nc(C)c(CC)c2=O)sc2c1CCC2. The molecule has 0 radical (unpaired) electrons. The van der Waals surface area contributed by atoms with Crippen LogP contribution in [-0.2, 0) is 28.8 Å². The van der Waals surface area contributed by atoms with Gasteiger partial charge in [-0.05, 0) is 71.9 Å². The van der Waals surface area contributed by atoms with E-state index in [1.165, 1.54) is 15.9 Å². The summed E-state index contributed by atoms with van der Waals surface area (Å²) in [5.74, 6) is -0.550. The van der Waals surface area contributed by atoms with E-state index in [1.807, 2.05) is 26.8 Å². The second kappa shape index (κ2) is 9.77. The largest absolute Gasteiger partial charge is 0.462 e. The van der Waals surface area contributed by atoms with Gasteiger partial charge in [-0.2, -0.15) is 5.10 Å². The molecule has 0 bridgehead atoms. The molecule has 1 N–H and O–H groups in total. The Labute approximate surface area is 208 Å². The summed E-state index contributed by atoms with van der Waals surface area (Å²) in [6.45, 7) is 11.1. The maximum atomic E-state index is 13.5. The number of thiophene rings is 1. The van der Waals surface area contributed by atoms with Gasteiger partial charge < -0.3 is 10.1 Å². The van der Waals surface area contributed by atoms with Crippen LogP contribution >= 0.6 is 11.3 Å². The van der Waals surface area contributed by atoms with Gasteiger partial charge >= 0.3 is 5.97 Å². The summed E-state index contributed by atoms with van der Waals surface area (Å²) in [7, 11) is 0. The lowest BCUT2D eigenvalue weighted by molar-refractivity contribution is -0.118. The van der Waals surface area contributed by atoms with Crippen LogP contribution in [0.4, 0.5) is 5.00 Å². The number of fused-ring (bicyclic) bond motifs is 1. The third kappa shape index (κ3) is 4.42. The highest BCUT2D eigenvalue weighted by atomic mass is 32.1. The van der Waals surface area contributed by atoms with Gasteiger partial charge in [-0.1, -0.05) is 6.92 Å². The van der Waals surface area contributed by atoms with Gasteiger partial charge in [-0.3, -0.25) is 14.2 Å². The van der Waals surface area contributed by atoms with E-state index >= 15 is 0 Å². The van der Waals surface area contributed by atoms with Crippen LogP contribution < -0.4 is 10.9 Å². The van der Waals surface area contributed by atoms with E-state index in [0.29, 0.717) is 28.2 Å². The Hall–Kier alpha value is -3.27. The lowest BCUT2D eigenvalue weighted by Crippen LogP contribution is -2.37. The van der Waals surface area contributed by atoms with Crippen LogP contribution in [-0.4, -0.2) is 37.8 Å². The average Bonchev–Trinajstić information content (AvgIpc) is 3.47. The standard InChI is InChI=1S/C25H31N5O4S/c1-7-17-15(5)26-25(30-14(4)12-13(3)28-30)29(23(17)32)16(6)21(31)27-22-20(24(33)34-8-2)18-10-9-11-19(18)35-22/h12,16H,7-11H2,1-6H3,(H,27,31). The molecule has 186 valence electrons. The van der Waals surface area contributed by atoms with Gasteiger partial charge in [-0.25, -0.2) is 14.5 Å². The van der Waals surface area contributed by atoms with E-state index in [1.54, 1.807) is 25.5 Å². The highest BCUT2D eigenvalue weighted by molar-refractivity contribution is 7.17. The van der Waals surface area contributed by atoms with Crippen LogP contribution in [0, 0.1) is 20.8 Å². The van der Waals surface area contributed by atoms with E-state index in [4.69, 9.17) is 4.74 Å². The smallest absolute Gasteiger partial charge is 0.341 e. The van der Waals surface area contributed by atoms with Gasteiger partial charge in [0.25, 0.3) is 5.56 Å². The van der Waals surface area contributed by atoms with E-state index in [2.05, 4.69) is 15.4 Å². The first-order chi connectivity index (χ1) is 16.7. The highest BCUT2D eigenvalue weighted by Crippen LogP contribution is 2.39. The number of esters is 1. The summed E-state index contributed by atoms with van der Waals surface area (Å²) >= 11 is 1.41. The molecule has 0 aliphatic heterocycles. The number of amides is 1. The molecule has 3 heterocycles. The molecular weight excluding hydrogens is 466 g/mol. The second-order valence-electron chi connectivity index (χ2n) is 8.79. The second-order valence-corrected chi connectivity index (χ2v) is 9.90. The van der Waals surface area contributed by atoms with Crippen LogP contribution in [0.15, 0.2) is 10.9 Å². The number of nitrogens with one attached hydrogen (secondary N) is 1. The van der Waals surface area contributed by atoms with Crippen LogP contribution in [0.1, 0.15) is 76.7 Å². The average molecular weight is 498 g/mol. The van der Waals surface area contributed by atoms with Gasteiger partial charge in [0.05, 0.1) is 23.6 Å². The summed E-state index contributed by atoms with van der Waals surface area (Å²) in [4.78, 5) is 45.5. The molecule has 0 fully saturated rings. The van der Waals surface area contributed by atoms with E-state index in [-0.39, 0.29) is 18.1 Å². The van der Waals surface area contributed by atoms with Crippen molar-refractivity contribution in [2.45, 2.75) is 73.3 Å². The predicted octanol–water partition coefficient (Wildman–Crippen LogP) is 3.84. The van der Waals surface area contributed by atoms with Gasteiger partial charge in [-0.15, -0.1) is 11.3 Å². The molecule has 35 heavy (non-hydrogen) atoms. The molecule has 10 heteroatoms. The Morgan fingerprint density at radius 3 is 2.60 bits per heavy atom. The van der Waals surface area contributed by atoms with Crippen molar-refractivity contribution in [1.82, 2.24) is 19.3 Å². The molecule has 0 spiro atoms. The zero-order valence-corrected chi connectivity index (χ0v) is 21.8. The molecule has 1 unspecified atom stereocenters. The van der Waals surface area contributed by atoms with Crippen molar-refractivity contribution in [2.75, 3.05) is 11.9 Å². The van der Waals surface area contributed by atoms with Crippen molar-refractivity contribution in [1.29, 1.82) is 0 Å². The fourth-order valence-corrected chi connectivity index (χ4v) is 5.92. The molecule has 0 aromatic carbocycles. The van der Waals surface area contributed by atoms with Crippen molar-refractivity contribution in [3.63, 3.8) is 0 Å². The predicted molar refractivity (Wildman–Crippen MR) is 135 cm³/mol. The zero-order valence-electron chi connectivity index (χ0n) is 21.0. The van der Waals surface area contributed by atoms with Crippen molar-refractivity contribution < 1.29 is 14.3 Å². The Balaban J connectivity index is 1.77. The van der Waals surface area contributed by atoms with Gasteiger partial charge in [0.2, 0.25) is 11.9 Å². The lowest BCUT2D eigenvalue weighted by atomic mass is 10.1. The number of anilines is 1. The van der Waals surface area contributed by atoms with Gasteiger partial charge in [0, 0.05) is 16.1 Å². The van der Waals surface area contributed by atoms with Crippen LogP contribution in [0.5, 0.6) is 0 Å². The number of aryl methyl sites for hydroxylation is 4. The quantitative estimate of drug-likeness (QED) is 0.497. The van der Waals surface area contributed by atoms with Gasteiger partial charge in [0.1, 0.15) is 11.0 Å². The minimum Gasteiger partial charge on any atom is -0.462 e. The molecule has 4 rings (SSSR count). The number of carbonyl (C=O) groups is 2. The summed E-state index contributed by atoms with van der Waals surface area (Å²) in [6, 6.07) is 0.995. The van der Waals surface area contributed by atoms with Crippen LogP contribution in [0.25, 0.3) is 5.95 Å². The number of rotatable bonds is 7. The molecule has 1 aliphatic carbocycles. The molecule has 3 aromatic rings. The molecule has 1 amide bonds. The van der Waals surface area contributed by atoms with E-state index in [0.717, 1.165) is 41.1 Å². The topological polar surface area (TPSA) is 108 Å². The molecule has 1 atom stereocenters. The summed E-state index contributed by atoms with van der Waals surface area (Å²) in [6.07, 6.45) is 3.14. The zero-order chi connectivity index (χ0) is 25.4. The summed E-state index contributed by atoms with van der Waals surface area (Å²) in [5, 5.41) is 7.89. The number of hydrogen-bond acceptors (Lipinski definition) is 7. The number of hydrogen-bond donors (Lipinski definition) is 1. The Kier molecular flexibility index (Phi) is 6.93. The van der Waals surface area contributed by atoms with Crippen molar-refractivity contribution in [3.8, 4) is 5.95 Å². The van der Waals surface area contributed by atoms with Crippen molar-refractivity contribution >= 4 is 28.2 Å². The number of aromatic nitrogens is 4. The normalized spacial score (nSPS) is 13.5. The molecule has 0 saturated carbocycles. The number of carbonyl (C=O) groups excluding carboxylic acids is 2. The maximum Gasteiger partial charge on any atom is 0.341 e. The van der Waals surface area contributed by atoms with Crippen LogP contribution in [0.2, 0.25) is 0 Å². The van der Waals surface area contributed by atoms with E-state index in [9.17, 15) is 14.4 Å². The first-order valence-corrected chi connectivity index (χ1v) is 12.8. The lowest BCUT2D eigenvalue weighted by Gasteiger charge is -2.21. The fraction of sp³-hybridized carbons (Fsp3) is 0.480. The molecular formula is C25H31N5O4S. The Bertz CT molecular complexity index is 1370. The minimum atomic E-state index is -0.896. The third-order valence-corrected chi connectivity index (χ3v) is 7.56. The van der Waals surface area contributed by atoms with Crippen molar-refractivity contribution in [3.05, 3.63) is 55.1 Å². The first-order valence-electron chi connectivity index (χ1n) is 12.0. The molecule has 0 saturated heterocycles. The Morgan fingerprint density at radius 2 is 1.97 bits per heavy atom. The summed E-state index contributed by atoms with van der Waals surface area (Å²) < 4.78 is 8.26. The number of ether oxygens (including phenoxy) is 1. The minimum absolute atomic E-state index is 0.253. The maximum absolute atomic E-state index is 13.5. The van der Waals surface area contributed by atoms with Crippen LogP contribution in [0.3, 0.4) is 0 Å². The van der Waals surface area contributed by atoms with Crippen molar-refractivity contribution in [2.24, 2.45) is 0 Å².